The predicted octanol–water partition coefficient (Wildman–Crippen LogP) is 6.05. The summed E-state index contributed by atoms with van der Waals surface area (Å²) in [4.78, 5) is 16.9. The lowest BCUT2D eigenvalue weighted by Gasteiger charge is -2.18. The van der Waals surface area contributed by atoms with E-state index in [1.54, 1.807) is 24.3 Å². The first-order valence-electron chi connectivity index (χ1n) is 8.21. The van der Waals surface area contributed by atoms with Crippen molar-refractivity contribution < 1.29 is 13.9 Å². The van der Waals surface area contributed by atoms with E-state index in [1.165, 1.54) is 19.4 Å². The van der Waals surface area contributed by atoms with Gasteiger partial charge in [0.05, 0.1) is 7.11 Å². The molecule has 1 aromatic heterocycles. The van der Waals surface area contributed by atoms with Crippen LogP contribution in [0.25, 0.3) is 0 Å². The predicted molar refractivity (Wildman–Crippen MR) is 107 cm³/mol. The second kappa shape index (κ2) is 8.63. The molecule has 0 N–H and O–H groups in total. The molecular formula is C21H16BrClFNO2. The fraction of sp³-hybridized carbons (Fsp3) is 0.143. The SMILES string of the molecule is COc1ccc(C(=O)CC(c2ccc(Br)cc2)c2ccc(Cl)cc2F)cn1. The van der Waals surface area contributed by atoms with Crippen LogP contribution < -0.4 is 4.74 Å². The number of aromatic nitrogens is 1. The fourth-order valence-electron chi connectivity index (χ4n) is 2.86. The zero-order valence-electron chi connectivity index (χ0n) is 14.5. The minimum absolute atomic E-state index is 0.105. The lowest BCUT2D eigenvalue weighted by molar-refractivity contribution is 0.0977. The van der Waals surface area contributed by atoms with Gasteiger partial charge in [-0.2, -0.15) is 0 Å². The Labute approximate surface area is 170 Å². The summed E-state index contributed by atoms with van der Waals surface area (Å²) in [6.45, 7) is 0. The summed E-state index contributed by atoms with van der Waals surface area (Å²) in [5, 5.41) is 0.316. The van der Waals surface area contributed by atoms with Gasteiger partial charge in [-0.05, 0) is 41.5 Å². The third-order valence-electron chi connectivity index (χ3n) is 4.27. The Morgan fingerprint density at radius 2 is 1.93 bits per heavy atom. The minimum Gasteiger partial charge on any atom is -0.481 e. The van der Waals surface area contributed by atoms with E-state index in [-0.39, 0.29) is 12.2 Å². The van der Waals surface area contributed by atoms with Crippen molar-refractivity contribution >= 4 is 33.3 Å². The maximum Gasteiger partial charge on any atom is 0.212 e. The van der Waals surface area contributed by atoms with Crippen molar-refractivity contribution in [3.05, 3.63) is 92.8 Å². The first-order valence-corrected chi connectivity index (χ1v) is 9.38. The number of hydrogen-bond donors (Lipinski definition) is 0. The smallest absolute Gasteiger partial charge is 0.212 e. The molecule has 6 heteroatoms. The highest BCUT2D eigenvalue weighted by molar-refractivity contribution is 9.10. The Bertz CT molecular complexity index is 945. The van der Waals surface area contributed by atoms with E-state index in [9.17, 15) is 9.18 Å². The third-order valence-corrected chi connectivity index (χ3v) is 5.03. The van der Waals surface area contributed by atoms with Gasteiger partial charge in [0.1, 0.15) is 5.82 Å². The van der Waals surface area contributed by atoms with Crippen LogP contribution in [0.15, 0.2) is 65.3 Å². The van der Waals surface area contributed by atoms with E-state index in [4.69, 9.17) is 16.3 Å². The lowest BCUT2D eigenvalue weighted by Crippen LogP contribution is -2.11. The van der Waals surface area contributed by atoms with Crippen molar-refractivity contribution in [1.82, 2.24) is 4.98 Å². The molecule has 1 unspecified atom stereocenters. The molecule has 27 heavy (non-hydrogen) atoms. The molecule has 3 rings (SSSR count). The van der Waals surface area contributed by atoms with Gasteiger partial charge in [-0.1, -0.05) is 45.7 Å². The summed E-state index contributed by atoms with van der Waals surface area (Å²) < 4.78 is 20.5. The summed E-state index contributed by atoms with van der Waals surface area (Å²) in [7, 11) is 1.51. The Balaban J connectivity index is 1.96. The molecule has 0 spiro atoms. The van der Waals surface area contributed by atoms with Gasteiger partial charge < -0.3 is 4.74 Å². The molecule has 0 saturated carbocycles. The van der Waals surface area contributed by atoms with Crippen LogP contribution in [0.4, 0.5) is 4.39 Å². The summed E-state index contributed by atoms with van der Waals surface area (Å²) >= 11 is 9.28. The molecule has 3 nitrogen and oxygen atoms in total. The van der Waals surface area contributed by atoms with Gasteiger partial charge in [-0.25, -0.2) is 9.37 Å². The summed E-state index contributed by atoms with van der Waals surface area (Å²) in [5.41, 5.74) is 1.72. The Morgan fingerprint density at radius 3 is 2.52 bits per heavy atom. The Morgan fingerprint density at radius 1 is 1.19 bits per heavy atom. The molecule has 0 fully saturated rings. The summed E-state index contributed by atoms with van der Waals surface area (Å²) in [5.74, 6) is -0.576. The number of nitrogens with zero attached hydrogens (tertiary/aromatic N) is 1. The van der Waals surface area contributed by atoms with E-state index < -0.39 is 11.7 Å². The van der Waals surface area contributed by atoms with Crippen molar-refractivity contribution in [3.63, 3.8) is 0 Å². The molecule has 1 atom stereocenters. The van der Waals surface area contributed by atoms with Crippen molar-refractivity contribution in [2.24, 2.45) is 0 Å². The topological polar surface area (TPSA) is 39.2 Å². The number of carbonyl (C=O) groups excluding carboxylic acids is 1. The average Bonchev–Trinajstić information content (AvgIpc) is 2.67. The zero-order valence-corrected chi connectivity index (χ0v) is 16.8. The number of methoxy groups -OCH3 is 1. The zero-order chi connectivity index (χ0) is 19.4. The summed E-state index contributed by atoms with van der Waals surface area (Å²) in [6.07, 6.45) is 1.58. The van der Waals surface area contributed by atoms with Crippen LogP contribution in [0, 0.1) is 5.82 Å². The largest absolute Gasteiger partial charge is 0.481 e. The lowest BCUT2D eigenvalue weighted by atomic mass is 9.85. The van der Waals surface area contributed by atoms with E-state index in [0.717, 1.165) is 10.0 Å². The van der Waals surface area contributed by atoms with Crippen molar-refractivity contribution in [2.75, 3.05) is 7.11 Å². The van der Waals surface area contributed by atoms with Crippen LogP contribution in [-0.2, 0) is 0 Å². The molecule has 1 heterocycles. The van der Waals surface area contributed by atoms with Gasteiger partial charge in [-0.15, -0.1) is 0 Å². The van der Waals surface area contributed by atoms with Crippen LogP contribution in [0.1, 0.15) is 33.8 Å². The van der Waals surface area contributed by atoms with Crippen molar-refractivity contribution in [1.29, 1.82) is 0 Å². The highest BCUT2D eigenvalue weighted by Gasteiger charge is 2.22. The van der Waals surface area contributed by atoms with Gasteiger partial charge in [0.25, 0.3) is 0 Å². The molecule has 0 aliphatic carbocycles. The normalized spacial score (nSPS) is 11.9. The number of carbonyl (C=O) groups is 1. The van der Waals surface area contributed by atoms with E-state index >= 15 is 0 Å². The highest BCUT2D eigenvalue weighted by atomic mass is 79.9. The number of halogens is 3. The molecular weight excluding hydrogens is 433 g/mol. The van der Waals surface area contributed by atoms with Gasteiger partial charge >= 0.3 is 0 Å². The Hall–Kier alpha value is -2.24. The van der Waals surface area contributed by atoms with Crippen LogP contribution in [0.3, 0.4) is 0 Å². The number of hydrogen-bond acceptors (Lipinski definition) is 3. The molecule has 0 radical (unpaired) electrons. The maximum absolute atomic E-state index is 14.6. The molecule has 0 aliphatic rings. The second-order valence-corrected chi connectivity index (χ2v) is 7.34. The molecule has 0 saturated heterocycles. The number of benzene rings is 2. The standard InChI is InChI=1S/C21H16BrClFNO2/c1-27-21-9-4-14(12-25-21)20(26)11-18(13-2-5-15(22)6-3-13)17-8-7-16(23)10-19(17)24/h2-10,12,18H,11H2,1H3. The maximum atomic E-state index is 14.6. The number of pyridine rings is 1. The minimum atomic E-state index is -0.440. The van der Waals surface area contributed by atoms with E-state index in [1.807, 2.05) is 24.3 Å². The molecule has 2 aromatic carbocycles. The number of rotatable bonds is 6. The van der Waals surface area contributed by atoms with Crippen LogP contribution in [0.2, 0.25) is 5.02 Å². The van der Waals surface area contributed by atoms with Crippen LogP contribution in [-0.4, -0.2) is 17.9 Å². The van der Waals surface area contributed by atoms with E-state index in [0.29, 0.717) is 22.0 Å². The molecule has 0 amide bonds. The third kappa shape index (κ3) is 4.73. The quantitative estimate of drug-likeness (QED) is 0.431. The van der Waals surface area contributed by atoms with Gasteiger partial charge in [0.15, 0.2) is 5.78 Å². The molecule has 0 bridgehead atoms. The second-order valence-electron chi connectivity index (χ2n) is 5.99. The van der Waals surface area contributed by atoms with E-state index in [2.05, 4.69) is 20.9 Å². The fourth-order valence-corrected chi connectivity index (χ4v) is 3.28. The molecule has 138 valence electrons. The Kier molecular flexibility index (Phi) is 6.24. The monoisotopic (exact) mass is 447 g/mol. The van der Waals surface area contributed by atoms with Crippen LogP contribution >= 0.6 is 27.5 Å². The average molecular weight is 449 g/mol. The van der Waals surface area contributed by atoms with Crippen LogP contribution in [0.5, 0.6) is 5.88 Å². The highest BCUT2D eigenvalue weighted by Crippen LogP contribution is 2.33. The van der Waals surface area contributed by atoms with Crippen molar-refractivity contribution in [3.8, 4) is 5.88 Å². The first kappa shape index (κ1) is 19.5. The first-order chi connectivity index (χ1) is 13.0. The number of Topliss-reactive ketones (excluding diaryl/α,β-unsaturated/α-hetero) is 1. The van der Waals surface area contributed by atoms with Crippen molar-refractivity contribution in [2.45, 2.75) is 12.3 Å². The van der Waals surface area contributed by atoms with Gasteiger partial charge in [0, 0.05) is 39.7 Å². The van der Waals surface area contributed by atoms with Gasteiger partial charge in [-0.3, -0.25) is 4.79 Å². The molecule has 3 aromatic rings. The number of ether oxygens (including phenoxy) is 1. The number of ketones is 1. The van der Waals surface area contributed by atoms with Gasteiger partial charge in [0.2, 0.25) is 5.88 Å². The summed E-state index contributed by atoms with van der Waals surface area (Å²) in [6, 6.07) is 15.3. The molecule has 0 aliphatic heterocycles.